The Morgan fingerprint density at radius 1 is 1.25 bits per heavy atom. The number of hydrogen-bond donors (Lipinski definition) is 1. The maximum atomic E-state index is 11.2. The van der Waals surface area contributed by atoms with E-state index in [9.17, 15) is 15.2 Å². The van der Waals surface area contributed by atoms with Gasteiger partial charge in [-0.3, -0.25) is 10.1 Å². The average molecular weight is 348 g/mol. The third kappa shape index (κ3) is 3.07. The molecule has 7 heteroatoms. The molecule has 1 aliphatic rings. The first-order valence-corrected chi connectivity index (χ1v) is 8.13. The molecule has 1 aromatic heterocycles. The van der Waals surface area contributed by atoms with Crippen molar-refractivity contribution >= 4 is 23.1 Å². The van der Waals surface area contributed by atoms with Gasteiger partial charge in [0.25, 0.3) is 0 Å². The molecule has 6 nitrogen and oxygen atoms in total. The molecule has 1 aromatic carbocycles. The third-order valence-electron chi connectivity index (χ3n) is 4.46. The highest BCUT2D eigenvalue weighted by Crippen LogP contribution is 2.39. The molecular formula is C17H18ClN3O3. The lowest BCUT2D eigenvalue weighted by Gasteiger charge is -2.39. The summed E-state index contributed by atoms with van der Waals surface area (Å²) in [7, 11) is 0. The van der Waals surface area contributed by atoms with Gasteiger partial charge in [0.15, 0.2) is 0 Å². The number of aromatic nitrogens is 1. The van der Waals surface area contributed by atoms with Crippen LogP contribution in [0.25, 0.3) is 0 Å². The molecule has 1 aliphatic heterocycles. The van der Waals surface area contributed by atoms with Crippen LogP contribution in [-0.2, 0) is 5.60 Å². The van der Waals surface area contributed by atoms with E-state index in [1.165, 1.54) is 6.07 Å². The van der Waals surface area contributed by atoms with Gasteiger partial charge in [0.05, 0.1) is 10.5 Å². The summed E-state index contributed by atoms with van der Waals surface area (Å²) in [6, 6.07) is 10.4. The first-order chi connectivity index (χ1) is 11.4. The normalized spacial score (nSPS) is 16.9. The predicted molar refractivity (Wildman–Crippen MR) is 92.4 cm³/mol. The minimum absolute atomic E-state index is 0.0104. The van der Waals surface area contributed by atoms with Gasteiger partial charge in [-0.15, -0.1) is 0 Å². The molecule has 24 heavy (non-hydrogen) atoms. The molecule has 0 spiro atoms. The zero-order valence-corrected chi connectivity index (χ0v) is 14.0. The number of nitrogens with zero attached hydrogens (tertiary/aromatic N) is 3. The van der Waals surface area contributed by atoms with Gasteiger partial charge in [0.1, 0.15) is 0 Å². The largest absolute Gasteiger partial charge is 0.385 e. The molecule has 3 rings (SSSR count). The van der Waals surface area contributed by atoms with E-state index in [-0.39, 0.29) is 5.69 Å². The van der Waals surface area contributed by atoms with Crippen LogP contribution in [0.1, 0.15) is 24.1 Å². The number of piperidine rings is 1. The molecule has 1 N–H and O–H groups in total. The lowest BCUT2D eigenvalue weighted by atomic mass is 9.84. The molecule has 0 unspecified atom stereocenters. The summed E-state index contributed by atoms with van der Waals surface area (Å²) >= 11 is 6.21. The lowest BCUT2D eigenvalue weighted by Crippen LogP contribution is -2.43. The van der Waals surface area contributed by atoms with E-state index in [0.29, 0.717) is 42.3 Å². The summed E-state index contributed by atoms with van der Waals surface area (Å²) in [4.78, 5) is 17.0. The van der Waals surface area contributed by atoms with E-state index in [1.54, 1.807) is 19.1 Å². The minimum Gasteiger partial charge on any atom is -0.385 e. The quantitative estimate of drug-likeness (QED) is 0.679. The standard InChI is InChI=1S/C17H18ClN3O3/c1-12-6-7-15(21(23)24)16(19-12)20-10-8-17(22,9-11-20)13-4-2-3-5-14(13)18/h2-7,22H,8-11H2,1H3. The summed E-state index contributed by atoms with van der Waals surface area (Å²) in [6.07, 6.45) is 0.868. The van der Waals surface area contributed by atoms with Gasteiger partial charge < -0.3 is 10.0 Å². The Morgan fingerprint density at radius 2 is 1.92 bits per heavy atom. The van der Waals surface area contributed by atoms with Gasteiger partial charge in [-0.2, -0.15) is 0 Å². The lowest BCUT2D eigenvalue weighted by molar-refractivity contribution is -0.384. The Bertz CT molecular complexity index is 773. The molecule has 0 amide bonds. The molecule has 126 valence electrons. The highest BCUT2D eigenvalue weighted by molar-refractivity contribution is 6.31. The second kappa shape index (κ2) is 6.37. The highest BCUT2D eigenvalue weighted by atomic mass is 35.5. The first-order valence-electron chi connectivity index (χ1n) is 7.75. The van der Waals surface area contributed by atoms with Crippen molar-refractivity contribution in [3.63, 3.8) is 0 Å². The monoisotopic (exact) mass is 347 g/mol. The summed E-state index contributed by atoms with van der Waals surface area (Å²) in [5, 5.41) is 22.7. The molecule has 0 bridgehead atoms. The molecule has 0 radical (unpaired) electrons. The van der Waals surface area contributed by atoms with Crippen molar-refractivity contribution in [1.82, 2.24) is 4.98 Å². The molecule has 2 aromatic rings. The Hall–Kier alpha value is -2.18. The van der Waals surface area contributed by atoms with Crippen molar-refractivity contribution in [3.05, 3.63) is 62.8 Å². The predicted octanol–water partition coefficient (Wildman–Crippen LogP) is 3.44. The van der Waals surface area contributed by atoms with Crippen LogP contribution in [0.3, 0.4) is 0 Å². The molecule has 0 saturated carbocycles. The first kappa shape index (κ1) is 16.7. The molecule has 1 fully saturated rings. The maximum Gasteiger partial charge on any atom is 0.311 e. The summed E-state index contributed by atoms with van der Waals surface area (Å²) < 4.78 is 0. The van der Waals surface area contributed by atoms with Crippen molar-refractivity contribution in [3.8, 4) is 0 Å². The Kier molecular flexibility index (Phi) is 4.43. The molecule has 0 aliphatic carbocycles. The number of rotatable bonds is 3. The van der Waals surface area contributed by atoms with Crippen LogP contribution < -0.4 is 4.90 Å². The van der Waals surface area contributed by atoms with Gasteiger partial charge in [0, 0.05) is 35.4 Å². The van der Waals surface area contributed by atoms with Crippen molar-refractivity contribution in [2.45, 2.75) is 25.4 Å². The van der Waals surface area contributed by atoms with E-state index in [2.05, 4.69) is 4.98 Å². The topological polar surface area (TPSA) is 79.5 Å². The average Bonchev–Trinajstić information content (AvgIpc) is 2.55. The highest BCUT2D eigenvalue weighted by Gasteiger charge is 2.37. The third-order valence-corrected chi connectivity index (χ3v) is 4.79. The van der Waals surface area contributed by atoms with Gasteiger partial charge in [-0.1, -0.05) is 29.8 Å². The fourth-order valence-corrected chi connectivity index (χ4v) is 3.42. The van der Waals surface area contributed by atoms with Crippen molar-refractivity contribution in [1.29, 1.82) is 0 Å². The smallest absolute Gasteiger partial charge is 0.311 e. The van der Waals surface area contributed by atoms with Crippen LogP contribution in [0, 0.1) is 17.0 Å². The Labute approximate surface area is 144 Å². The Balaban J connectivity index is 1.85. The number of nitro groups is 1. The van der Waals surface area contributed by atoms with Crippen molar-refractivity contribution in [2.24, 2.45) is 0 Å². The van der Waals surface area contributed by atoms with E-state index in [4.69, 9.17) is 11.6 Å². The van der Waals surface area contributed by atoms with Crippen LogP contribution in [0.4, 0.5) is 11.5 Å². The van der Waals surface area contributed by atoms with Gasteiger partial charge in [-0.05, 0) is 31.9 Å². The number of halogens is 1. The SMILES string of the molecule is Cc1ccc([N+](=O)[O-])c(N2CCC(O)(c3ccccc3Cl)CC2)n1. The van der Waals surface area contributed by atoms with Crippen LogP contribution in [-0.4, -0.2) is 28.1 Å². The minimum atomic E-state index is -1.02. The molecule has 2 heterocycles. The second-order valence-electron chi connectivity index (χ2n) is 6.05. The zero-order chi connectivity index (χ0) is 17.3. The number of benzene rings is 1. The van der Waals surface area contributed by atoms with Crippen LogP contribution in [0.15, 0.2) is 36.4 Å². The summed E-state index contributed by atoms with van der Waals surface area (Å²) in [5.74, 6) is 0.362. The van der Waals surface area contributed by atoms with Gasteiger partial charge >= 0.3 is 5.69 Å². The van der Waals surface area contributed by atoms with Gasteiger partial charge in [0.2, 0.25) is 5.82 Å². The summed E-state index contributed by atoms with van der Waals surface area (Å²) in [6.45, 7) is 2.75. The number of anilines is 1. The zero-order valence-electron chi connectivity index (χ0n) is 13.3. The second-order valence-corrected chi connectivity index (χ2v) is 6.46. The molecule has 1 saturated heterocycles. The van der Waals surface area contributed by atoms with E-state index in [1.807, 2.05) is 23.1 Å². The van der Waals surface area contributed by atoms with E-state index < -0.39 is 10.5 Å². The van der Waals surface area contributed by atoms with Crippen LogP contribution in [0.5, 0.6) is 0 Å². The maximum absolute atomic E-state index is 11.2. The van der Waals surface area contributed by atoms with Crippen molar-refractivity contribution < 1.29 is 10.0 Å². The fraction of sp³-hybridized carbons (Fsp3) is 0.353. The number of aryl methyl sites for hydroxylation is 1. The number of aliphatic hydroxyl groups is 1. The van der Waals surface area contributed by atoms with Crippen molar-refractivity contribution in [2.75, 3.05) is 18.0 Å². The Morgan fingerprint density at radius 3 is 2.54 bits per heavy atom. The van der Waals surface area contributed by atoms with Crippen LogP contribution >= 0.6 is 11.6 Å². The van der Waals surface area contributed by atoms with E-state index >= 15 is 0 Å². The fourth-order valence-electron chi connectivity index (χ4n) is 3.11. The van der Waals surface area contributed by atoms with Crippen LogP contribution in [0.2, 0.25) is 5.02 Å². The number of hydrogen-bond acceptors (Lipinski definition) is 5. The summed E-state index contributed by atoms with van der Waals surface area (Å²) in [5.41, 5.74) is 0.400. The van der Waals surface area contributed by atoms with Gasteiger partial charge in [-0.25, -0.2) is 4.98 Å². The molecular weight excluding hydrogens is 330 g/mol. The number of pyridine rings is 1. The van der Waals surface area contributed by atoms with E-state index in [0.717, 1.165) is 5.69 Å². The molecule has 0 atom stereocenters.